The molecule has 8 heavy (non-hydrogen) atoms. The lowest BCUT2D eigenvalue weighted by atomic mass is 10.2. The van der Waals surface area contributed by atoms with Gasteiger partial charge >= 0.3 is 0 Å². The van der Waals surface area contributed by atoms with Crippen LogP contribution in [-0.4, -0.2) is 29.3 Å². The van der Waals surface area contributed by atoms with Gasteiger partial charge in [-0.25, -0.2) is 0 Å². The van der Waals surface area contributed by atoms with Crippen LogP contribution in [0.3, 0.4) is 0 Å². The van der Waals surface area contributed by atoms with E-state index in [-0.39, 0.29) is 11.3 Å². The molecule has 3 heteroatoms. The lowest BCUT2D eigenvalue weighted by Crippen LogP contribution is -2.49. The number of hydrogen-bond donors (Lipinski definition) is 0. The first kappa shape index (κ1) is 5.89. The Morgan fingerprint density at radius 1 is 1.75 bits per heavy atom. The van der Waals surface area contributed by atoms with Crippen LogP contribution in [0.2, 0.25) is 0 Å². The van der Waals surface area contributed by atoms with Gasteiger partial charge in [0.1, 0.15) is 0 Å². The Kier molecular flexibility index (Phi) is 1.43. The monoisotopic (exact) mass is 133 g/mol. The van der Waals surface area contributed by atoms with Crippen LogP contribution in [-0.2, 0) is 4.79 Å². The Morgan fingerprint density at radius 2 is 2.25 bits per heavy atom. The molecule has 1 amide bonds. The lowest BCUT2D eigenvalue weighted by molar-refractivity contribution is -0.131. The lowest BCUT2D eigenvalue weighted by Gasteiger charge is -2.34. The van der Waals surface area contributed by atoms with Gasteiger partial charge in [-0.2, -0.15) is 0 Å². The van der Waals surface area contributed by atoms with Crippen molar-refractivity contribution < 1.29 is 4.79 Å². The standard InChI is InChI=1S/C5H8ClNO/c1-4(8)7-2-5(6)3-7/h5H,2-3H2,1H3. The molecule has 0 atom stereocenters. The Balaban J connectivity index is 2.25. The van der Waals surface area contributed by atoms with Crippen LogP contribution in [0.4, 0.5) is 0 Å². The number of alkyl halides is 1. The number of rotatable bonds is 0. The predicted molar refractivity (Wildman–Crippen MR) is 31.9 cm³/mol. The van der Waals surface area contributed by atoms with E-state index in [2.05, 4.69) is 0 Å². The SMILES string of the molecule is CC(=O)N1CC(Cl)C1. The summed E-state index contributed by atoms with van der Waals surface area (Å²) in [5, 5.41) is 0.207. The number of likely N-dealkylation sites (tertiary alicyclic amines) is 1. The van der Waals surface area contributed by atoms with Crippen LogP contribution in [0.15, 0.2) is 0 Å². The molecule has 1 fully saturated rings. The predicted octanol–water partition coefficient (Wildman–Crippen LogP) is 0.456. The highest BCUT2D eigenvalue weighted by Gasteiger charge is 2.25. The zero-order valence-corrected chi connectivity index (χ0v) is 5.48. The van der Waals surface area contributed by atoms with Crippen molar-refractivity contribution in [2.75, 3.05) is 13.1 Å². The molecule has 0 aromatic carbocycles. The van der Waals surface area contributed by atoms with Crippen LogP contribution < -0.4 is 0 Å². The van der Waals surface area contributed by atoms with Gasteiger partial charge in [0.15, 0.2) is 0 Å². The van der Waals surface area contributed by atoms with Gasteiger partial charge in [-0.1, -0.05) is 0 Å². The maximum Gasteiger partial charge on any atom is 0.219 e. The highest BCUT2D eigenvalue weighted by Crippen LogP contribution is 2.12. The van der Waals surface area contributed by atoms with Crippen molar-refractivity contribution in [3.05, 3.63) is 0 Å². The Morgan fingerprint density at radius 3 is 2.38 bits per heavy atom. The molecule has 0 unspecified atom stereocenters. The van der Waals surface area contributed by atoms with Crippen molar-refractivity contribution >= 4 is 17.5 Å². The van der Waals surface area contributed by atoms with Crippen LogP contribution in [0.25, 0.3) is 0 Å². The Bertz CT molecular complexity index is 109. The van der Waals surface area contributed by atoms with E-state index in [0.29, 0.717) is 0 Å². The van der Waals surface area contributed by atoms with Gasteiger partial charge in [-0.05, 0) is 0 Å². The van der Waals surface area contributed by atoms with E-state index in [1.807, 2.05) is 0 Å². The molecule has 0 N–H and O–H groups in total. The number of carbonyl (C=O) groups excluding carboxylic acids is 1. The summed E-state index contributed by atoms with van der Waals surface area (Å²) in [7, 11) is 0. The first-order valence-electron chi connectivity index (χ1n) is 2.59. The van der Waals surface area contributed by atoms with E-state index >= 15 is 0 Å². The van der Waals surface area contributed by atoms with Gasteiger partial charge in [0.2, 0.25) is 5.91 Å². The van der Waals surface area contributed by atoms with Crippen molar-refractivity contribution in [2.45, 2.75) is 12.3 Å². The molecule has 0 aliphatic carbocycles. The molecular formula is C5H8ClNO. The molecule has 0 bridgehead atoms. The summed E-state index contributed by atoms with van der Waals surface area (Å²) < 4.78 is 0. The van der Waals surface area contributed by atoms with E-state index in [1.165, 1.54) is 0 Å². The number of halogens is 1. The second-order valence-electron chi connectivity index (χ2n) is 2.02. The van der Waals surface area contributed by atoms with Crippen molar-refractivity contribution in [3.8, 4) is 0 Å². The summed E-state index contributed by atoms with van der Waals surface area (Å²) in [5.41, 5.74) is 0. The van der Waals surface area contributed by atoms with Crippen molar-refractivity contribution in [1.82, 2.24) is 4.90 Å². The van der Waals surface area contributed by atoms with E-state index in [1.54, 1.807) is 11.8 Å². The molecule has 1 rings (SSSR count). The third kappa shape index (κ3) is 0.944. The fraction of sp³-hybridized carbons (Fsp3) is 0.800. The molecule has 1 saturated heterocycles. The maximum absolute atomic E-state index is 10.4. The molecule has 0 radical (unpaired) electrons. The summed E-state index contributed by atoms with van der Waals surface area (Å²) in [6.45, 7) is 3.02. The highest BCUT2D eigenvalue weighted by atomic mass is 35.5. The first-order valence-corrected chi connectivity index (χ1v) is 3.03. The van der Waals surface area contributed by atoms with Crippen LogP contribution >= 0.6 is 11.6 Å². The van der Waals surface area contributed by atoms with Crippen LogP contribution in [0, 0.1) is 0 Å². The molecule has 2 nitrogen and oxygen atoms in total. The molecule has 1 aliphatic rings. The van der Waals surface area contributed by atoms with Gasteiger partial charge in [-0.15, -0.1) is 11.6 Å². The number of amides is 1. The van der Waals surface area contributed by atoms with Gasteiger partial charge < -0.3 is 4.90 Å². The summed E-state index contributed by atoms with van der Waals surface area (Å²) in [6.07, 6.45) is 0. The van der Waals surface area contributed by atoms with Gasteiger partial charge in [0, 0.05) is 20.0 Å². The summed E-state index contributed by atoms with van der Waals surface area (Å²) in [4.78, 5) is 12.2. The van der Waals surface area contributed by atoms with E-state index in [0.717, 1.165) is 13.1 Å². The van der Waals surface area contributed by atoms with Crippen molar-refractivity contribution in [3.63, 3.8) is 0 Å². The van der Waals surface area contributed by atoms with E-state index < -0.39 is 0 Å². The quantitative estimate of drug-likeness (QED) is 0.440. The van der Waals surface area contributed by atoms with Gasteiger partial charge in [0.05, 0.1) is 5.38 Å². The second-order valence-corrected chi connectivity index (χ2v) is 2.64. The average molecular weight is 134 g/mol. The minimum atomic E-state index is 0.127. The van der Waals surface area contributed by atoms with Crippen LogP contribution in [0.5, 0.6) is 0 Å². The van der Waals surface area contributed by atoms with Gasteiger partial charge in [-0.3, -0.25) is 4.79 Å². The summed E-state index contributed by atoms with van der Waals surface area (Å²) in [6, 6.07) is 0. The first-order chi connectivity index (χ1) is 3.70. The minimum Gasteiger partial charge on any atom is -0.340 e. The van der Waals surface area contributed by atoms with Crippen molar-refractivity contribution in [2.24, 2.45) is 0 Å². The number of hydrogen-bond acceptors (Lipinski definition) is 1. The maximum atomic E-state index is 10.4. The number of carbonyl (C=O) groups is 1. The molecule has 0 aromatic heterocycles. The van der Waals surface area contributed by atoms with Crippen molar-refractivity contribution in [1.29, 1.82) is 0 Å². The molecule has 46 valence electrons. The molecule has 0 spiro atoms. The normalized spacial score (nSPS) is 20.5. The Labute approximate surface area is 53.4 Å². The minimum absolute atomic E-state index is 0.127. The van der Waals surface area contributed by atoms with Gasteiger partial charge in [0.25, 0.3) is 0 Å². The third-order valence-corrected chi connectivity index (χ3v) is 1.56. The highest BCUT2D eigenvalue weighted by molar-refractivity contribution is 6.21. The smallest absolute Gasteiger partial charge is 0.219 e. The zero-order valence-electron chi connectivity index (χ0n) is 4.72. The molecule has 0 aromatic rings. The second kappa shape index (κ2) is 1.94. The molecule has 1 aliphatic heterocycles. The number of nitrogens with zero attached hydrogens (tertiary/aromatic N) is 1. The molecule has 0 saturated carbocycles. The topological polar surface area (TPSA) is 20.3 Å². The summed E-state index contributed by atoms with van der Waals surface area (Å²) >= 11 is 5.59. The summed E-state index contributed by atoms with van der Waals surface area (Å²) in [5.74, 6) is 0.127. The largest absolute Gasteiger partial charge is 0.340 e. The zero-order chi connectivity index (χ0) is 6.15. The Hall–Kier alpha value is -0.240. The van der Waals surface area contributed by atoms with E-state index in [9.17, 15) is 4.79 Å². The fourth-order valence-electron chi connectivity index (χ4n) is 0.682. The fourth-order valence-corrected chi connectivity index (χ4v) is 1.02. The molecule has 1 heterocycles. The van der Waals surface area contributed by atoms with Crippen LogP contribution in [0.1, 0.15) is 6.92 Å². The third-order valence-electron chi connectivity index (χ3n) is 1.28. The van der Waals surface area contributed by atoms with E-state index in [4.69, 9.17) is 11.6 Å². The average Bonchev–Trinajstić information content (AvgIpc) is 1.57. The molecular weight excluding hydrogens is 126 g/mol.